The summed E-state index contributed by atoms with van der Waals surface area (Å²) in [6.45, 7) is 3.45. The van der Waals surface area contributed by atoms with Crippen LogP contribution in [0.2, 0.25) is 0 Å². The van der Waals surface area contributed by atoms with E-state index in [1.807, 2.05) is 0 Å². The Balaban J connectivity index is 0.00000242. The van der Waals surface area contributed by atoms with Crippen LogP contribution in [-0.2, 0) is 12.2 Å². The molecule has 112 valence electrons. The molecule has 0 spiro atoms. The molecule has 8 heteroatoms. The van der Waals surface area contributed by atoms with Crippen LogP contribution in [0.5, 0.6) is 23.0 Å². The van der Waals surface area contributed by atoms with Crippen LogP contribution >= 0.6 is 18.4 Å². The largest absolute Gasteiger partial charge is 1.00 e. The van der Waals surface area contributed by atoms with Crippen LogP contribution in [0.25, 0.3) is 0 Å². The van der Waals surface area contributed by atoms with E-state index in [4.69, 9.17) is 21.3 Å². The minimum absolute atomic E-state index is 0. The molecule has 2 aromatic rings. The van der Waals surface area contributed by atoms with Gasteiger partial charge in [0.2, 0.25) is 0 Å². The van der Waals surface area contributed by atoms with Gasteiger partial charge in [0.05, 0.1) is 12.2 Å². The van der Waals surface area contributed by atoms with E-state index in [2.05, 4.69) is 12.2 Å². The molecule has 0 aromatic heterocycles. The smallest absolute Gasteiger partial charge is 0.872 e. The monoisotopic (exact) mass is 364 g/mol. The van der Waals surface area contributed by atoms with Crippen molar-refractivity contribution < 1.29 is 48.8 Å². The summed E-state index contributed by atoms with van der Waals surface area (Å²) in [6.07, 6.45) is -2.86. The Kier molecular flexibility index (Phi) is 7.24. The van der Waals surface area contributed by atoms with Gasteiger partial charge in [-0.2, -0.15) is 0 Å². The van der Waals surface area contributed by atoms with Crippen LogP contribution in [0.4, 0.5) is 0 Å². The normalized spacial score (nSPS) is 12.9. The molecule has 1 atom stereocenters. The first kappa shape index (κ1) is 19.8. The molecule has 0 fully saturated rings. The van der Waals surface area contributed by atoms with E-state index in [-0.39, 0.29) is 41.1 Å². The second-order valence-corrected chi connectivity index (χ2v) is 9.66. The van der Waals surface area contributed by atoms with Gasteiger partial charge in [0.1, 0.15) is 5.75 Å². The van der Waals surface area contributed by atoms with Gasteiger partial charge in [0.25, 0.3) is 0 Å². The molecule has 0 aliphatic heterocycles. The van der Waals surface area contributed by atoms with Gasteiger partial charge in [-0.05, 0) is 49.7 Å². The van der Waals surface area contributed by atoms with E-state index in [1.165, 1.54) is 18.2 Å². The van der Waals surface area contributed by atoms with Crippen LogP contribution in [0, 0.1) is 13.8 Å². The van der Waals surface area contributed by atoms with Crippen molar-refractivity contribution in [3.05, 3.63) is 47.5 Å². The summed E-state index contributed by atoms with van der Waals surface area (Å²) in [7, 11) is 0. The quantitative estimate of drug-likeness (QED) is 0.362. The van der Waals surface area contributed by atoms with Gasteiger partial charge in [-0.3, -0.25) is 0 Å². The topological polar surface area (TPSA) is 61.8 Å². The van der Waals surface area contributed by atoms with E-state index in [9.17, 15) is 10.2 Å². The first-order chi connectivity index (χ1) is 9.77. The minimum atomic E-state index is -2.86. The second kappa shape index (κ2) is 8.04. The predicted octanol–water partition coefficient (Wildman–Crippen LogP) is 0.699. The summed E-state index contributed by atoms with van der Waals surface area (Å²) in [5.74, 6) is 1.03. The van der Waals surface area contributed by atoms with Crippen molar-refractivity contribution in [2.45, 2.75) is 13.8 Å². The maximum absolute atomic E-state index is 11.4. The van der Waals surface area contributed by atoms with Gasteiger partial charge >= 0.3 is 35.7 Å². The van der Waals surface area contributed by atoms with E-state index >= 15 is 0 Å². The molecule has 0 amide bonds. The van der Waals surface area contributed by atoms with Crippen molar-refractivity contribution in [1.29, 1.82) is 0 Å². The first-order valence-electron chi connectivity index (χ1n) is 6.06. The third-order valence-corrected chi connectivity index (χ3v) is 4.58. The Hall–Kier alpha value is -0.230. The first-order valence-corrected chi connectivity index (χ1v) is 9.85. The van der Waals surface area contributed by atoms with Crippen molar-refractivity contribution in [1.82, 2.24) is 0 Å². The van der Waals surface area contributed by atoms with Gasteiger partial charge < -0.3 is 31.5 Å². The number of phenols is 1. The van der Waals surface area contributed by atoms with Crippen LogP contribution < -0.4 is 43.7 Å². The molecule has 0 saturated heterocycles. The van der Waals surface area contributed by atoms with E-state index < -0.39 is 6.12 Å². The fourth-order valence-corrected chi connectivity index (χ4v) is 3.53. The fraction of sp³-hybridized carbons (Fsp3) is 0.143. The Bertz CT molecular complexity index is 612. The zero-order valence-corrected chi connectivity index (χ0v) is 17.0. The summed E-state index contributed by atoms with van der Waals surface area (Å²) in [4.78, 5) is 0. The van der Waals surface area contributed by atoms with Crippen LogP contribution in [-0.4, -0.2) is 5.11 Å². The van der Waals surface area contributed by atoms with Crippen molar-refractivity contribution in [2.75, 3.05) is 0 Å². The predicted molar refractivity (Wildman–Crippen MR) is 88.0 cm³/mol. The third kappa shape index (κ3) is 5.44. The van der Waals surface area contributed by atoms with Crippen LogP contribution in [0.1, 0.15) is 11.1 Å². The molecule has 1 N–H and O–H groups in total. The van der Waals surface area contributed by atoms with Gasteiger partial charge in [0, 0.05) is 0 Å². The molecular formula is C14H14NaO4PS2. The molecule has 0 aliphatic carbocycles. The minimum Gasteiger partial charge on any atom is -0.872 e. The van der Waals surface area contributed by atoms with Crippen LogP contribution in [0.3, 0.4) is 0 Å². The summed E-state index contributed by atoms with van der Waals surface area (Å²) >= 11 is 9.52. The van der Waals surface area contributed by atoms with Crippen molar-refractivity contribution in [3.8, 4) is 23.0 Å². The van der Waals surface area contributed by atoms with E-state index in [0.717, 1.165) is 0 Å². The molecule has 4 nitrogen and oxygen atoms in total. The standard InChI is InChI=1S/C14H15O4PS2.Na/c1-9-7-11(3-5-13(9)15)17-19(20,21)18-12-4-6-14(16)10(2)8-12;/h3-8,15-16H,1-2H3,(H,20,21);/q;+1/p-1. The zero-order valence-electron chi connectivity index (χ0n) is 12.4. The van der Waals surface area contributed by atoms with Crippen molar-refractivity contribution in [3.63, 3.8) is 0 Å². The summed E-state index contributed by atoms with van der Waals surface area (Å²) in [6, 6.07) is 9.32. The number of aryl methyl sites for hydroxylation is 2. The Morgan fingerprint density at radius 3 is 2.05 bits per heavy atom. The summed E-state index contributed by atoms with van der Waals surface area (Å²) < 4.78 is 11.2. The Morgan fingerprint density at radius 2 is 1.55 bits per heavy atom. The number of phenolic OH excluding ortho intramolecular Hbond substituents is 1. The van der Waals surface area contributed by atoms with Crippen LogP contribution in [0.15, 0.2) is 36.4 Å². The molecule has 0 aliphatic rings. The van der Waals surface area contributed by atoms with Crippen molar-refractivity contribution in [2.24, 2.45) is 0 Å². The van der Waals surface area contributed by atoms with Gasteiger partial charge in [0.15, 0.2) is 11.5 Å². The Labute approximate surface area is 163 Å². The van der Waals surface area contributed by atoms with Gasteiger partial charge in [-0.15, -0.1) is 5.75 Å². The molecule has 0 radical (unpaired) electrons. The SMILES string of the molecule is Cc1cc(O[P+]([S-])(S)Oc2ccc(O)c(C)c2)ccc1[O-].[Na+]. The summed E-state index contributed by atoms with van der Waals surface area (Å²) in [5, 5.41) is 20.8. The number of hydrogen-bond acceptors (Lipinski definition) is 6. The average molecular weight is 364 g/mol. The number of hydrogen-bond donors (Lipinski definition) is 2. The van der Waals surface area contributed by atoms with Crippen molar-refractivity contribution >= 4 is 30.6 Å². The number of rotatable bonds is 4. The number of thiol groups is 1. The van der Waals surface area contributed by atoms with Gasteiger partial charge in [-0.1, -0.05) is 11.6 Å². The molecule has 2 aromatic carbocycles. The number of benzene rings is 2. The van der Waals surface area contributed by atoms with Gasteiger partial charge in [-0.25, -0.2) is 0 Å². The third-order valence-electron chi connectivity index (χ3n) is 2.76. The maximum atomic E-state index is 11.4. The number of aromatic hydroxyl groups is 1. The maximum Gasteiger partial charge on any atom is 1.00 e. The molecule has 1 unspecified atom stereocenters. The average Bonchev–Trinajstić information content (AvgIpc) is 2.37. The second-order valence-electron chi connectivity index (χ2n) is 4.53. The molecule has 22 heavy (non-hydrogen) atoms. The molecule has 0 saturated carbocycles. The van der Waals surface area contributed by atoms with E-state index in [1.54, 1.807) is 32.0 Å². The fourth-order valence-electron chi connectivity index (χ4n) is 1.65. The molecule has 0 bridgehead atoms. The molecule has 0 heterocycles. The Morgan fingerprint density at radius 1 is 1.05 bits per heavy atom. The summed E-state index contributed by atoms with van der Waals surface area (Å²) in [5.41, 5.74) is 1.23. The zero-order chi connectivity index (χ0) is 15.6. The molecular weight excluding hydrogens is 350 g/mol. The van der Waals surface area contributed by atoms with E-state index in [0.29, 0.717) is 22.6 Å². The molecule has 2 rings (SSSR count).